The minimum atomic E-state index is -0.436. The third-order valence-corrected chi connectivity index (χ3v) is 4.32. The molecule has 1 N–H and O–H groups in total. The fourth-order valence-electron chi connectivity index (χ4n) is 3.29. The first-order valence-electron chi connectivity index (χ1n) is 8.06. The summed E-state index contributed by atoms with van der Waals surface area (Å²) in [6.45, 7) is 7.08. The predicted molar refractivity (Wildman–Crippen MR) is 77.5 cm³/mol. The van der Waals surface area contributed by atoms with Crippen LogP contribution in [0.1, 0.15) is 59.3 Å². The summed E-state index contributed by atoms with van der Waals surface area (Å²) in [6, 6.07) is 0. The molecule has 2 heterocycles. The molecule has 0 amide bonds. The Bertz CT molecular complexity index is 292. The van der Waals surface area contributed by atoms with E-state index in [9.17, 15) is 0 Å². The quantitative estimate of drug-likeness (QED) is 0.815. The van der Waals surface area contributed by atoms with Crippen molar-refractivity contribution in [2.45, 2.75) is 83.4 Å². The highest BCUT2D eigenvalue weighted by Crippen LogP contribution is 2.31. The summed E-state index contributed by atoms with van der Waals surface area (Å²) in [5.41, 5.74) is 0. The van der Waals surface area contributed by atoms with Gasteiger partial charge in [0.2, 0.25) is 0 Å². The monoisotopic (exact) mass is 286 g/mol. The van der Waals surface area contributed by atoms with E-state index < -0.39 is 5.79 Å². The number of ether oxygens (including phenoxy) is 3. The summed E-state index contributed by atoms with van der Waals surface area (Å²) in [7, 11) is 0. The molecule has 1 unspecified atom stereocenters. The highest BCUT2D eigenvalue weighted by Gasteiger charge is 2.35. The van der Waals surface area contributed by atoms with Crippen molar-refractivity contribution in [3.05, 3.63) is 0 Å². The SMILES string of the molecule is C[C@@H](CCO)C[C@@H]1CCC[C@H](CC2COC(C)(C)O2)O1. The van der Waals surface area contributed by atoms with Crippen molar-refractivity contribution in [3.63, 3.8) is 0 Å². The smallest absolute Gasteiger partial charge is 0.163 e. The van der Waals surface area contributed by atoms with E-state index in [2.05, 4.69) is 6.92 Å². The van der Waals surface area contributed by atoms with Gasteiger partial charge >= 0.3 is 0 Å². The van der Waals surface area contributed by atoms with Gasteiger partial charge in [0.1, 0.15) is 0 Å². The van der Waals surface area contributed by atoms with Crippen LogP contribution >= 0.6 is 0 Å². The minimum absolute atomic E-state index is 0.170. The molecule has 0 saturated carbocycles. The highest BCUT2D eigenvalue weighted by molar-refractivity contribution is 4.79. The zero-order valence-electron chi connectivity index (χ0n) is 13.1. The van der Waals surface area contributed by atoms with E-state index in [0.29, 0.717) is 24.7 Å². The lowest BCUT2D eigenvalue weighted by atomic mass is 9.93. The maximum Gasteiger partial charge on any atom is 0.163 e. The average Bonchev–Trinajstić information content (AvgIpc) is 2.69. The summed E-state index contributed by atoms with van der Waals surface area (Å²) < 4.78 is 17.7. The fraction of sp³-hybridized carbons (Fsp3) is 1.00. The number of aliphatic hydroxyl groups is 1. The van der Waals surface area contributed by atoms with Crippen molar-refractivity contribution >= 4 is 0 Å². The molecule has 0 bridgehead atoms. The molecule has 0 aliphatic carbocycles. The lowest BCUT2D eigenvalue weighted by Crippen LogP contribution is -2.33. The minimum Gasteiger partial charge on any atom is -0.396 e. The van der Waals surface area contributed by atoms with Gasteiger partial charge in [-0.2, -0.15) is 0 Å². The van der Waals surface area contributed by atoms with Crippen LogP contribution in [0.15, 0.2) is 0 Å². The van der Waals surface area contributed by atoms with Crippen molar-refractivity contribution < 1.29 is 19.3 Å². The van der Waals surface area contributed by atoms with Crippen LogP contribution in [0, 0.1) is 5.92 Å². The highest BCUT2D eigenvalue weighted by atomic mass is 16.7. The zero-order valence-corrected chi connectivity index (χ0v) is 13.1. The van der Waals surface area contributed by atoms with Gasteiger partial charge in [0.15, 0.2) is 5.79 Å². The first-order chi connectivity index (χ1) is 9.48. The first-order valence-corrected chi connectivity index (χ1v) is 8.06. The zero-order chi connectivity index (χ0) is 14.6. The third kappa shape index (κ3) is 4.99. The molecule has 4 nitrogen and oxygen atoms in total. The van der Waals surface area contributed by atoms with Gasteiger partial charge in [-0.3, -0.25) is 0 Å². The molecule has 2 fully saturated rings. The molecule has 0 radical (unpaired) electrons. The molecule has 0 aromatic carbocycles. The summed E-state index contributed by atoms with van der Waals surface area (Å²) in [4.78, 5) is 0. The van der Waals surface area contributed by atoms with Crippen LogP contribution in [0.2, 0.25) is 0 Å². The van der Waals surface area contributed by atoms with Crippen LogP contribution in [0.4, 0.5) is 0 Å². The Labute approximate surface area is 122 Å². The van der Waals surface area contributed by atoms with Crippen molar-refractivity contribution in [3.8, 4) is 0 Å². The summed E-state index contributed by atoms with van der Waals surface area (Å²) in [5, 5.41) is 8.99. The Balaban J connectivity index is 1.73. The van der Waals surface area contributed by atoms with Crippen molar-refractivity contribution in [2.24, 2.45) is 5.92 Å². The van der Waals surface area contributed by atoms with Crippen LogP contribution in [0.25, 0.3) is 0 Å². The maximum absolute atomic E-state index is 8.99. The van der Waals surface area contributed by atoms with Crippen molar-refractivity contribution in [1.29, 1.82) is 0 Å². The van der Waals surface area contributed by atoms with Crippen molar-refractivity contribution in [1.82, 2.24) is 0 Å². The molecule has 2 aliphatic rings. The van der Waals surface area contributed by atoms with E-state index in [1.54, 1.807) is 0 Å². The van der Waals surface area contributed by atoms with Gasteiger partial charge in [-0.05, 0) is 51.9 Å². The Kier molecular flexibility index (Phi) is 5.84. The van der Waals surface area contributed by atoms with E-state index in [1.807, 2.05) is 13.8 Å². The Morgan fingerprint density at radius 1 is 1.20 bits per heavy atom. The van der Waals surface area contributed by atoms with Gasteiger partial charge in [0.25, 0.3) is 0 Å². The van der Waals surface area contributed by atoms with Gasteiger partial charge < -0.3 is 19.3 Å². The van der Waals surface area contributed by atoms with Crippen LogP contribution in [0.3, 0.4) is 0 Å². The van der Waals surface area contributed by atoms with E-state index >= 15 is 0 Å². The number of hydrogen-bond acceptors (Lipinski definition) is 4. The molecule has 0 aromatic heterocycles. The normalized spacial score (nSPS) is 35.1. The second-order valence-corrected chi connectivity index (χ2v) is 6.85. The number of aliphatic hydroxyl groups excluding tert-OH is 1. The number of rotatable bonds is 6. The molecular weight excluding hydrogens is 256 g/mol. The van der Waals surface area contributed by atoms with Gasteiger partial charge in [-0.15, -0.1) is 0 Å². The molecule has 2 saturated heterocycles. The molecular formula is C16H30O4. The van der Waals surface area contributed by atoms with Gasteiger partial charge in [-0.1, -0.05) is 6.92 Å². The second-order valence-electron chi connectivity index (χ2n) is 6.85. The standard InChI is InChI=1S/C16H30O4/c1-12(7-8-17)9-13-5-4-6-14(19-13)10-15-11-18-16(2,3)20-15/h12-15,17H,4-11H2,1-3H3/t12-,13-,14+,15?/m0/s1. The van der Waals surface area contributed by atoms with E-state index in [4.69, 9.17) is 19.3 Å². The molecule has 4 atom stereocenters. The molecule has 0 spiro atoms. The molecule has 20 heavy (non-hydrogen) atoms. The van der Waals surface area contributed by atoms with E-state index in [0.717, 1.165) is 32.1 Å². The summed E-state index contributed by atoms with van der Waals surface area (Å²) in [5.74, 6) is 0.0997. The maximum atomic E-state index is 8.99. The summed E-state index contributed by atoms with van der Waals surface area (Å²) in [6.07, 6.45) is 7.21. The van der Waals surface area contributed by atoms with Crippen molar-refractivity contribution in [2.75, 3.05) is 13.2 Å². The average molecular weight is 286 g/mol. The van der Waals surface area contributed by atoms with Crippen LogP contribution < -0.4 is 0 Å². The van der Waals surface area contributed by atoms with E-state index in [1.165, 1.54) is 6.42 Å². The van der Waals surface area contributed by atoms with Gasteiger partial charge in [0, 0.05) is 13.0 Å². The molecule has 2 rings (SSSR count). The van der Waals surface area contributed by atoms with Gasteiger partial charge in [0.05, 0.1) is 24.9 Å². The topological polar surface area (TPSA) is 47.9 Å². The molecule has 4 heteroatoms. The molecule has 118 valence electrons. The van der Waals surface area contributed by atoms with Crippen LogP contribution in [0.5, 0.6) is 0 Å². The Hall–Kier alpha value is -0.160. The summed E-state index contributed by atoms with van der Waals surface area (Å²) >= 11 is 0. The van der Waals surface area contributed by atoms with Crippen LogP contribution in [-0.2, 0) is 14.2 Å². The Morgan fingerprint density at radius 3 is 2.60 bits per heavy atom. The third-order valence-electron chi connectivity index (χ3n) is 4.32. The lowest BCUT2D eigenvalue weighted by Gasteiger charge is -2.32. The fourth-order valence-corrected chi connectivity index (χ4v) is 3.29. The first kappa shape index (κ1) is 16.2. The largest absolute Gasteiger partial charge is 0.396 e. The van der Waals surface area contributed by atoms with E-state index in [-0.39, 0.29) is 12.7 Å². The lowest BCUT2D eigenvalue weighted by molar-refractivity contribution is -0.146. The van der Waals surface area contributed by atoms with Gasteiger partial charge in [-0.25, -0.2) is 0 Å². The molecule has 2 aliphatic heterocycles. The van der Waals surface area contributed by atoms with Crippen LogP contribution in [-0.4, -0.2) is 42.4 Å². The number of hydrogen-bond donors (Lipinski definition) is 1. The second kappa shape index (κ2) is 7.21. The molecule has 0 aromatic rings. The Morgan fingerprint density at radius 2 is 1.95 bits per heavy atom. The predicted octanol–water partition coefficient (Wildman–Crippen LogP) is 2.87.